The van der Waals surface area contributed by atoms with Gasteiger partial charge in [0.2, 0.25) is 0 Å². The molecular weight excluding hydrogens is 236 g/mol. The molecule has 0 amide bonds. The van der Waals surface area contributed by atoms with Gasteiger partial charge in [0.15, 0.2) is 0 Å². The van der Waals surface area contributed by atoms with Gasteiger partial charge in [-0.3, -0.25) is 0 Å². The van der Waals surface area contributed by atoms with Crippen molar-refractivity contribution in [3.63, 3.8) is 0 Å². The van der Waals surface area contributed by atoms with Crippen molar-refractivity contribution in [1.82, 2.24) is 9.97 Å². The molecule has 0 fully saturated rings. The van der Waals surface area contributed by atoms with Gasteiger partial charge >= 0.3 is 0 Å². The summed E-state index contributed by atoms with van der Waals surface area (Å²) in [5.41, 5.74) is 6.79. The summed E-state index contributed by atoms with van der Waals surface area (Å²) in [6.07, 6.45) is 2.59. The summed E-state index contributed by atoms with van der Waals surface area (Å²) in [5, 5.41) is 0. The second kappa shape index (κ2) is 5.64. The van der Waals surface area contributed by atoms with Crippen molar-refractivity contribution in [3.8, 4) is 0 Å². The molecule has 0 saturated heterocycles. The fourth-order valence-electron chi connectivity index (χ4n) is 1.71. The largest absolute Gasteiger partial charge is 0.330 e. The summed E-state index contributed by atoms with van der Waals surface area (Å²) in [6, 6.07) is 5.18. The van der Waals surface area contributed by atoms with Crippen LogP contribution in [0.1, 0.15) is 17.1 Å². The highest BCUT2D eigenvalue weighted by Gasteiger charge is 2.04. The number of hydrogen-bond acceptors (Lipinski definition) is 3. The molecule has 18 heavy (non-hydrogen) atoms. The van der Waals surface area contributed by atoms with Crippen LogP contribution in [0.4, 0.5) is 8.78 Å². The Labute approximate surface area is 104 Å². The first-order chi connectivity index (χ1) is 8.67. The lowest BCUT2D eigenvalue weighted by molar-refractivity contribution is 0.580. The Morgan fingerprint density at radius 2 is 1.83 bits per heavy atom. The quantitative estimate of drug-likeness (QED) is 0.899. The van der Waals surface area contributed by atoms with Crippen molar-refractivity contribution in [2.75, 3.05) is 6.54 Å². The number of hydrogen-bond donors (Lipinski definition) is 1. The molecule has 0 bridgehead atoms. The number of nitrogens with zero attached hydrogens (tertiary/aromatic N) is 2. The second-order valence-corrected chi connectivity index (χ2v) is 3.96. The SMILES string of the molecule is NCCc1ccnc(Cc2cc(F)cc(F)c2)n1. The molecule has 0 aliphatic rings. The highest BCUT2D eigenvalue weighted by atomic mass is 19.1. The third-order valence-electron chi connectivity index (χ3n) is 2.45. The van der Waals surface area contributed by atoms with Crippen molar-refractivity contribution in [2.45, 2.75) is 12.8 Å². The maximum Gasteiger partial charge on any atom is 0.132 e. The van der Waals surface area contributed by atoms with Crippen molar-refractivity contribution >= 4 is 0 Å². The topological polar surface area (TPSA) is 51.8 Å². The third-order valence-corrected chi connectivity index (χ3v) is 2.45. The zero-order chi connectivity index (χ0) is 13.0. The first-order valence-corrected chi connectivity index (χ1v) is 5.63. The van der Waals surface area contributed by atoms with Crippen LogP contribution in [0.2, 0.25) is 0 Å². The van der Waals surface area contributed by atoms with Crippen LogP contribution < -0.4 is 5.73 Å². The first-order valence-electron chi connectivity index (χ1n) is 5.63. The molecule has 5 heteroatoms. The summed E-state index contributed by atoms with van der Waals surface area (Å²) in [5.74, 6) is -0.655. The maximum absolute atomic E-state index is 13.0. The Hall–Kier alpha value is -1.88. The van der Waals surface area contributed by atoms with Crippen LogP contribution in [0.15, 0.2) is 30.5 Å². The van der Waals surface area contributed by atoms with Crippen LogP contribution in [0.3, 0.4) is 0 Å². The van der Waals surface area contributed by atoms with Gasteiger partial charge in [-0.25, -0.2) is 18.7 Å². The zero-order valence-electron chi connectivity index (χ0n) is 9.74. The van der Waals surface area contributed by atoms with E-state index in [4.69, 9.17) is 5.73 Å². The smallest absolute Gasteiger partial charge is 0.132 e. The molecule has 0 unspecified atom stereocenters. The van der Waals surface area contributed by atoms with E-state index in [2.05, 4.69) is 9.97 Å². The van der Waals surface area contributed by atoms with Gasteiger partial charge in [0, 0.05) is 30.8 Å². The molecule has 0 saturated carbocycles. The molecular formula is C13H13F2N3. The summed E-state index contributed by atoms with van der Waals surface area (Å²) in [7, 11) is 0. The number of benzene rings is 1. The Morgan fingerprint density at radius 3 is 2.50 bits per heavy atom. The van der Waals surface area contributed by atoms with E-state index >= 15 is 0 Å². The molecule has 94 valence electrons. The average molecular weight is 249 g/mol. The first kappa shape index (κ1) is 12.6. The monoisotopic (exact) mass is 249 g/mol. The second-order valence-electron chi connectivity index (χ2n) is 3.96. The number of halogens is 2. The van der Waals surface area contributed by atoms with Gasteiger partial charge in [0.25, 0.3) is 0 Å². The van der Waals surface area contributed by atoms with Gasteiger partial charge in [-0.05, 0) is 30.3 Å². The Kier molecular flexibility index (Phi) is 3.94. The van der Waals surface area contributed by atoms with E-state index in [1.54, 1.807) is 12.3 Å². The van der Waals surface area contributed by atoms with Crippen LogP contribution in [0, 0.1) is 11.6 Å². The molecule has 0 spiro atoms. The third kappa shape index (κ3) is 3.30. The lowest BCUT2D eigenvalue weighted by atomic mass is 10.1. The van der Waals surface area contributed by atoms with Crippen molar-refractivity contribution in [1.29, 1.82) is 0 Å². The molecule has 0 aliphatic heterocycles. The number of rotatable bonds is 4. The zero-order valence-corrected chi connectivity index (χ0v) is 9.74. The van der Waals surface area contributed by atoms with Crippen molar-refractivity contribution < 1.29 is 8.78 Å². The van der Waals surface area contributed by atoms with Gasteiger partial charge in [-0.2, -0.15) is 0 Å². The van der Waals surface area contributed by atoms with Crippen LogP contribution in [-0.4, -0.2) is 16.5 Å². The van der Waals surface area contributed by atoms with E-state index in [1.165, 1.54) is 12.1 Å². The molecule has 1 aromatic heterocycles. The van der Waals surface area contributed by atoms with E-state index in [0.29, 0.717) is 30.8 Å². The van der Waals surface area contributed by atoms with Crippen molar-refractivity contribution in [2.24, 2.45) is 5.73 Å². The summed E-state index contributed by atoms with van der Waals surface area (Å²) in [4.78, 5) is 8.36. The fourth-order valence-corrected chi connectivity index (χ4v) is 1.71. The molecule has 0 aliphatic carbocycles. The van der Waals surface area contributed by atoms with Crippen LogP contribution in [-0.2, 0) is 12.8 Å². The van der Waals surface area contributed by atoms with Gasteiger partial charge < -0.3 is 5.73 Å². The summed E-state index contributed by atoms with van der Waals surface area (Å²) >= 11 is 0. The predicted octanol–water partition coefficient (Wildman–Crippen LogP) is 1.85. The Balaban J connectivity index is 2.20. The molecule has 0 atom stereocenters. The van der Waals surface area contributed by atoms with Crippen LogP contribution >= 0.6 is 0 Å². The molecule has 2 aromatic rings. The molecule has 2 rings (SSSR count). The Bertz CT molecular complexity index is 523. The summed E-state index contributed by atoms with van der Waals surface area (Å²) in [6.45, 7) is 0.505. The summed E-state index contributed by atoms with van der Waals surface area (Å²) < 4.78 is 26.1. The van der Waals surface area contributed by atoms with E-state index < -0.39 is 11.6 Å². The maximum atomic E-state index is 13.0. The minimum absolute atomic E-state index is 0.299. The van der Waals surface area contributed by atoms with Gasteiger partial charge in [0.05, 0.1) is 0 Å². The fraction of sp³-hybridized carbons (Fsp3) is 0.231. The molecule has 0 radical (unpaired) electrons. The number of nitrogens with two attached hydrogens (primary N) is 1. The molecule has 1 aromatic carbocycles. The molecule has 1 heterocycles. The number of aromatic nitrogens is 2. The van der Waals surface area contributed by atoms with Gasteiger partial charge in [0.1, 0.15) is 17.5 Å². The minimum atomic E-state index is -0.594. The van der Waals surface area contributed by atoms with Gasteiger partial charge in [-0.15, -0.1) is 0 Å². The highest BCUT2D eigenvalue weighted by Crippen LogP contribution is 2.11. The normalized spacial score (nSPS) is 10.6. The van der Waals surface area contributed by atoms with Crippen LogP contribution in [0.5, 0.6) is 0 Å². The van der Waals surface area contributed by atoms with Gasteiger partial charge in [-0.1, -0.05) is 0 Å². The lowest BCUT2D eigenvalue weighted by Crippen LogP contribution is -2.07. The average Bonchev–Trinajstić information content (AvgIpc) is 2.28. The van der Waals surface area contributed by atoms with Crippen molar-refractivity contribution in [3.05, 3.63) is 59.2 Å². The lowest BCUT2D eigenvalue weighted by Gasteiger charge is -2.03. The van der Waals surface area contributed by atoms with E-state index in [9.17, 15) is 8.78 Å². The van der Waals surface area contributed by atoms with Crippen LogP contribution in [0.25, 0.3) is 0 Å². The minimum Gasteiger partial charge on any atom is -0.330 e. The van der Waals surface area contributed by atoms with E-state index in [0.717, 1.165) is 11.8 Å². The highest BCUT2D eigenvalue weighted by molar-refractivity contribution is 5.21. The molecule has 2 N–H and O–H groups in total. The standard InChI is InChI=1S/C13H13F2N3/c14-10-5-9(6-11(15)8-10)7-13-17-4-2-12(18-13)1-3-16/h2,4-6,8H,1,3,7,16H2. The Morgan fingerprint density at radius 1 is 1.11 bits per heavy atom. The molecule has 3 nitrogen and oxygen atoms in total. The van der Waals surface area contributed by atoms with E-state index in [-0.39, 0.29) is 0 Å². The van der Waals surface area contributed by atoms with E-state index in [1.807, 2.05) is 0 Å². The predicted molar refractivity (Wildman–Crippen MR) is 64.0 cm³/mol.